The predicted octanol–water partition coefficient (Wildman–Crippen LogP) is 0.450. The Bertz CT molecular complexity index is 449. The van der Waals surface area contributed by atoms with Gasteiger partial charge in [0.1, 0.15) is 0 Å². The SMILES string of the molecule is COC(=O)c1ccc(CN2CC(C)OC(CO)C2)nc1. The first-order valence-electron chi connectivity index (χ1n) is 6.64. The number of esters is 1. The van der Waals surface area contributed by atoms with Crippen molar-refractivity contribution < 1.29 is 19.4 Å². The molecule has 0 aromatic carbocycles. The van der Waals surface area contributed by atoms with Gasteiger partial charge in [-0.05, 0) is 19.1 Å². The molecule has 110 valence electrons. The number of aliphatic hydroxyl groups is 1. The number of aliphatic hydroxyl groups excluding tert-OH is 1. The van der Waals surface area contributed by atoms with Gasteiger partial charge in [0.25, 0.3) is 0 Å². The standard InChI is InChI=1S/C14H20N2O4/c1-10-6-16(8-13(9-17)20-10)7-12-4-3-11(5-15-12)14(18)19-2/h3-5,10,13,17H,6-9H2,1-2H3. The quantitative estimate of drug-likeness (QED) is 0.807. The number of rotatable bonds is 4. The third-order valence-corrected chi connectivity index (χ3v) is 3.24. The Morgan fingerprint density at radius 3 is 2.95 bits per heavy atom. The van der Waals surface area contributed by atoms with Crippen LogP contribution in [0.25, 0.3) is 0 Å². The lowest BCUT2D eigenvalue weighted by Gasteiger charge is -2.35. The van der Waals surface area contributed by atoms with Gasteiger partial charge in [-0.2, -0.15) is 0 Å². The highest BCUT2D eigenvalue weighted by Crippen LogP contribution is 2.13. The van der Waals surface area contributed by atoms with Gasteiger partial charge in [-0.3, -0.25) is 9.88 Å². The number of morpholine rings is 1. The van der Waals surface area contributed by atoms with Crippen LogP contribution < -0.4 is 0 Å². The van der Waals surface area contributed by atoms with E-state index < -0.39 is 0 Å². The fraction of sp³-hybridized carbons (Fsp3) is 0.571. The number of methoxy groups -OCH3 is 1. The molecule has 1 aromatic rings. The second kappa shape index (κ2) is 6.78. The normalized spacial score (nSPS) is 23.6. The van der Waals surface area contributed by atoms with Gasteiger partial charge in [0.2, 0.25) is 0 Å². The lowest BCUT2D eigenvalue weighted by Crippen LogP contribution is -2.47. The topological polar surface area (TPSA) is 71.9 Å². The molecule has 6 nitrogen and oxygen atoms in total. The number of nitrogens with zero attached hydrogens (tertiary/aromatic N) is 2. The molecule has 0 radical (unpaired) electrons. The molecule has 2 atom stereocenters. The number of hydrogen-bond donors (Lipinski definition) is 1. The highest BCUT2D eigenvalue weighted by Gasteiger charge is 2.24. The van der Waals surface area contributed by atoms with E-state index >= 15 is 0 Å². The highest BCUT2D eigenvalue weighted by molar-refractivity contribution is 5.88. The minimum atomic E-state index is -0.385. The molecule has 0 saturated carbocycles. The molecule has 6 heteroatoms. The predicted molar refractivity (Wildman–Crippen MR) is 72.3 cm³/mol. The summed E-state index contributed by atoms with van der Waals surface area (Å²) in [7, 11) is 1.35. The fourth-order valence-corrected chi connectivity index (χ4v) is 2.36. The van der Waals surface area contributed by atoms with Gasteiger partial charge in [0.15, 0.2) is 0 Å². The Morgan fingerprint density at radius 2 is 2.35 bits per heavy atom. The third-order valence-electron chi connectivity index (χ3n) is 3.24. The first kappa shape index (κ1) is 14.9. The number of carbonyl (C=O) groups excluding carboxylic acids is 1. The van der Waals surface area contributed by atoms with Gasteiger partial charge < -0.3 is 14.6 Å². The smallest absolute Gasteiger partial charge is 0.339 e. The average Bonchev–Trinajstić information content (AvgIpc) is 2.46. The van der Waals surface area contributed by atoms with Crippen molar-refractivity contribution in [2.45, 2.75) is 25.7 Å². The molecule has 2 heterocycles. The zero-order valence-corrected chi connectivity index (χ0v) is 11.8. The van der Waals surface area contributed by atoms with Gasteiger partial charge in [-0.25, -0.2) is 4.79 Å². The summed E-state index contributed by atoms with van der Waals surface area (Å²) >= 11 is 0. The molecule has 1 saturated heterocycles. The molecule has 1 aliphatic rings. The number of pyridine rings is 1. The van der Waals surface area contributed by atoms with Crippen LogP contribution in [-0.2, 0) is 16.0 Å². The molecule has 0 aliphatic carbocycles. The number of hydrogen-bond acceptors (Lipinski definition) is 6. The highest BCUT2D eigenvalue weighted by atomic mass is 16.5. The van der Waals surface area contributed by atoms with Crippen molar-refractivity contribution >= 4 is 5.97 Å². The van der Waals surface area contributed by atoms with E-state index in [2.05, 4.69) is 14.6 Å². The van der Waals surface area contributed by atoms with E-state index in [0.29, 0.717) is 18.7 Å². The molecular weight excluding hydrogens is 260 g/mol. The summed E-state index contributed by atoms with van der Waals surface area (Å²) in [5.74, 6) is -0.385. The van der Waals surface area contributed by atoms with Gasteiger partial charge in [-0.15, -0.1) is 0 Å². The van der Waals surface area contributed by atoms with Crippen LogP contribution in [-0.4, -0.2) is 60.0 Å². The van der Waals surface area contributed by atoms with Crippen LogP contribution in [0.1, 0.15) is 23.0 Å². The molecule has 0 spiro atoms. The van der Waals surface area contributed by atoms with E-state index in [1.807, 2.05) is 13.0 Å². The van der Waals surface area contributed by atoms with Gasteiger partial charge in [0, 0.05) is 25.8 Å². The van der Waals surface area contributed by atoms with Crippen LogP contribution >= 0.6 is 0 Å². The molecule has 1 aliphatic heterocycles. The molecule has 1 N–H and O–H groups in total. The molecule has 0 amide bonds. The van der Waals surface area contributed by atoms with Crippen molar-refractivity contribution in [2.75, 3.05) is 26.8 Å². The molecular formula is C14H20N2O4. The van der Waals surface area contributed by atoms with Crippen molar-refractivity contribution in [1.82, 2.24) is 9.88 Å². The van der Waals surface area contributed by atoms with Crippen LogP contribution in [0.4, 0.5) is 0 Å². The Kier molecular flexibility index (Phi) is 5.05. The van der Waals surface area contributed by atoms with E-state index in [4.69, 9.17) is 4.74 Å². The first-order valence-corrected chi connectivity index (χ1v) is 6.64. The van der Waals surface area contributed by atoms with Crippen molar-refractivity contribution in [3.63, 3.8) is 0 Å². The summed E-state index contributed by atoms with van der Waals surface area (Å²) in [6.45, 7) is 4.17. The summed E-state index contributed by atoms with van der Waals surface area (Å²) in [4.78, 5) is 17.8. The van der Waals surface area contributed by atoms with Crippen molar-refractivity contribution in [2.24, 2.45) is 0 Å². The second-order valence-electron chi connectivity index (χ2n) is 4.98. The van der Waals surface area contributed by atoms with Crippen LogP contribution in [0.5, 0.6) is 0 Å². The summed E-state index contributed by atoms with van der Waals surface area (Å²) in [6, 6.07) is 3.53. The molecule has 20 heavy (non-hydrogen) atoms. The van der Waals surface area contributed by atoms with Crippen LogP contribution in [0, 0.1) is 0 Å². The van der Waals surface area contributed by atoms with Crippen LogP contribution in [0.3, 0.4) is 0 Å². The van der Waals surface area contributed by atoms with Crippen molar-refractivity contribution in [1.29, 1.82) is 0 Å². The summed E-state index contributed by atoms with van der Waals surface area (Å²) in [6.07, 6.45) is 1.47. The Balaban J connectivity index is 1.97. The zero-order chi connectivity index (χ0) is 14.5. The second-order valence-corrected chi connectivity index (χ2v) is 4.98. The molecule has 2 rings (SSSR count). The third kappa shape index (κ3) is 3.75. The lowest BCUT2D eigenvalue weighted by atomic mass is 10.2. The number of aromatic nitrogens is 1. The Morgan fingerprint density at radius 1 is 1.55 bits per heavy atom. The zero-order valence-electron chi connectivity index (χ0n) is 11.8. The minimum absolute atomic E-state index is 0.0234. The number of ether oxygens (including phenoxy) is 2. The van der Waals surface area contributed by atoms with Crippen LogP contribution in [0.2, 0.25) is 0 Å². The van der Waals surface area contributed by atoms with E-state index in [1.54, 1.807) is 6.07 Å². The monoisotopic (exact) mass is 280 g/mol. The van der Waals surface area contributed by atoms with Crippen LogP contribution in [0.15, 0.2) is 18.3 Å². The van der Waals surface area contributed by atoms with E-state index in [9.17, 15) is 9.90 Å². The van der Waals surface area contributed by atoms with E-state index in [1.165, 1.54) is 13.3 Å². The molecule has 1 aromatic heterocycles. The van der Waals surface area contributed by atoms with E-state index in [0.717, 1.165) is 12.2 Å². The summed E-state index contributed by atoms with van der Waals surface area (Å²) < 4.78 is 10.2. The average molecular weight is 280 g/mol. The molecule has 0 bridgehead atoms. The largest absolute Gasteiger partial charge is 0.465 e. The first-order chi connectivity index (χ1) is 9.62. The van der Waals surface area contributed by atoms with Crippen molar-refractivity contribution in [3.05, 3.63) is 29.6 Å². The maximum Gasteiger partial charge on any atom is 0.339 e. The molecule has 1 fully saturated rings. The fourth-order valence-electron chi connectivity index (χ4n) is 2.36. The lowest BCUT2D eigenvalue weighted by molar-refractivity contribution is -0.0974. The van der Waals surface area contributed by atoms with Gasteiger partial charge in [0.05, 0.1) is 37.2 Å². The van der Waals surface area contributed by atoms with Crippen molar-refractivity contribution in [3.8, 4) is 0 Å². The van der Waals surface area contributed by atoms with Gasteiger partial charge >= 0.3 is 5.97 Å². The van der Waals surface area contributed by atoms with E-state index in [-0.39, 0.29) is 24.8 Å². The molecule has 2 unspecified atom stereocenters. The number of carbonyl (C=O) groups is 1. The summed E-state index contributed by atoms with van der Waals surface area (Å²) in [5.41, 5.74) is 1.32. The minimum Gasteiger partial charge on any atom is -0.465 e. The maximum absolute atomic E-state index is 11.3. The summed E-state index contributed by atoms with van der Waals surface area (Å²) in [5, 5.41) is 9.20. The maximum atomic E-state index is 11.3. The Hall–Kier alpha value is -1.50. The van der Waals surface area contributed by atoms with Gasteiger partial charge in [-0.1, -0.05) is 0 Å². The Labute approximate surface area is 118 Å².